The minimum Gasteiger partial charge on any atom is -0.422 e. The lowest BCUT2D eigenvalue weighted by Gasteiger charge is -2.15. The number of nitrogens with one attached hydrogen (secondary N) is 1. The Labute approximate surface area is 133 Å². The quantitative estimate of drug-likeness (QED) is 0.504. The number of aryl methyl sites for hydroxylation is 1. The van der Waals surface area contributed by atoms with Crippen molar-refractivity contribution in [1.82, 2.24) is 4.89 Å². The molecular formula is C15H17NO6S. The second-order valence-electron chi connectivity index (χ2n) is 5.58. The molecule has 1 aliphatic rings. The van der Waals surface area contributed by atoms with Crippen LogP contribution >= 0.6 is 0 Å². The van der Waals surface area contributed by atoms with E-state index < -0.39 is 10.3 Å². The third-order valence-electron chi connectivity index (χ3n) is 3.96. The van der Waals surface area contributed by atoms with Gasteiger partial charge in [0.15, 0.2) is 5.75 Å². The summed E-state index contributed by atoms with van der Waals surface area (Å²) in [6.07, 6.45) is 5.79. The topological polar surface area (TPSA) is 106 Å². The average Bonchev–Trinajstić information content (AvgIpc) is 2.44. The zero-order chi connectivity index (χ0) is 16.4. The van der Waals surface area contributed by atoms with E-state index >= 15 is 0 Å². The smallest absolute Gasteiger partial charge is 0.364 e. The Morgan fingerprint density at radius 1 is 1.09 bits per heavy atom. The van der Waals surface area contributed by atoms with Crippen molar-refractivity contribution < 1.29 is 22.2 Å². The van der Waals surface area contributed by atoms with Crippen molar-refractivity contribution in [2.45, 2.75) is 38.5 Å². The summed E-state index contributed by atoms with van der Waals surface area (Å²) in [5.41, 5.74) is 1.73. The molecule has 23 heavy (non-hydrogen) atoms. The van der Waals surface area contributed by atoms with Crippen molar-refractivity contribution in [2.24, 2.45) is 0 Å². The number of fused-ring (bicyclic) bond motifs is 3. The highest BCUT2D eigenvalue weighted by molar-refractivity contribution is 7.83. The molecule has 2 N–H and O–H groups in total. The van der Waals surface area contributed by atoms with Crippen LogP contribution in [0.2, 0.25) is 0 Å². The highest BCUT2D eigenvalue weighted by Crippen LogP contribution is 2.28. The lowest BCUT2D eigenvalue weighted by atomic mass is 9.92. The van der Waals surface area contributed by atoms with Crippen molar-refractivity contribution >= 4 is 21.3 Å². The van der Waals surface area contributed by atoms with Gasteiger partial charge in [0.25, 0.3) is 0 Å². The molecule has 1 aromatic carbocycles. The lowest BCUT2D eigenvalue weighted by molar-refractivity contribution is 0.251. The Hall–Kier alpha value is -1.90. The minimum atomic E-state index is -4.47. The van der Waals surface area contributed by atoms with Gasteiger partial charge in [-0.25, -0.2) is 4.79 Å². The molecule has 0 amide bonds. The van der Waals surface area contributed by atoms with Crippen LogP contribution in [0.5, 0.6) is 5.75 Å². The second kappa shape index (κ2) is 6.31. The zero-order valence-corrected chi connectivity index (χ0v) is 13.2. The summed E-state index contributed by atoms with van der Waals surface area (Å²) in [4.78, 5) is 18.5. The van der Waals surface area contributed by atoms with E-state index in [-0.39, 0.29) is 11.4 Å². The second-order valence-corrected chi connectivity index (χ2v) is 6.70. The molecule has 1 heterocycles. The third-order valence-corrected chi connectivity index (χ3v) is 4.25. The molecule has 0 atom stereocenters. The predicted molar refractivity (Wildman–Crippen MR) is 83.7 cm³/mol. The number of benzene rings is 1. The SMILES string of the molecule is O=c1oc2cc(ONS(=O)(=O)O)ccc2c2c1CCCCCC2. The Balaban J connectivity index is 2.03. The lowest BCUT2D eigenvalue weighted by Crippen LogP contribution is -2.26. The molecule has 0 radical (unpaired) electrons. The van der Waals surface area contributed by atoms with Crippen LogP contribution in [0, 0.1) is 0 Å². The van der Waals surface area contributed by atoms with Crippen molar-refractivity contribution in [2.75, 3.05) is 0 Å². The van der Waals surface area contributed by atoms with Crippen molar-refractivity contribution in [1.29, 1.82) is 0 Å². The Morgan fingerprint density at radius 2 is 1.78 bits per heavy atom. The van der Waals surface area contributed by atoms with Crippen LogP contribution in [0.1, 0.15) is 36.8 Å². The van der Waals surface area contributed by atoms with Gasteiger partial charge in [-0.1, -0.05) is 12.8 Å². The van der Waals surface area contributed by atoms with Gasteiger partial charge in [-0.05, 0) is 48.3 Å². The van der Waals surface area contributed by atoms with Crippen LogP contribution in [0.3, 0.4) is 0 Å². The van der Waals surface area contributed by atoms with Crippen LogP contribution in [-0.4, -0.2) is 13.0 Å². The summed E-state index contributed by atoms with van der Waals surface area (Å²) in [5.74, 6) is 0.115. The van der Waals surface area contributed by atoms with E-state index in [1.165, 1.54) is 11.0 Å². The van der Waals surface area contributed by atoms with E-state index in [9.17, 15) is 13.2 Å². The van der Waals surface area contributed by atoms with Gasteiger partial charge in [0, 0.05) is 17.0 Å². The van der Waals surface area contributed by atoms with Gasteiger partial charge in [0.2, 0.25) is 0 Å². The first kappa shape index (κ1) is 16.0. The third kappa shape index (κ3) is 3.72. The zero-order valence-electron chi connectivity index (χ0n) is 12.4. The van der Waals surface area contributed by atoms with Gasteiger partial charge in [0.1, 0.15) is 5.58 Å². The molecule has 0 spiro atoms. The molecule has 1 aliphatic carbocycles. The van der Waals surface area contributed by atoms with Gasteiger partial charge < -0.3 is 9.25 Å². The number of hydrogen-bond acceptors (Lipinski definition) is 5. The molecule has 0 saturated carbocycles. The summed E-state index contributed by atoms with van der Waals surface area (Å²) in [5, 5.41) is 0.834. The van der Waals surface area contributed by atoms with E-state index in [4.69, 9.17) is 13.8 Å². The maximum absolute atomic E-state index is 12.2. The molecule has 0 bridgehead atoms. The van der Waals surface area contributed by atoms with Crippen LogP contribution in [-0.2, 0) is 23.1 Å². The van der Waals surface area contributed by atoms with E-state index in [1.54, 1.807) is 12.1 Å². The first-order valence-corrected chi connectivity index (χ1v) is 8.88. The molecule has 7 nitrogen and oxygen atoms in total. The molecule has 0 saturated heterocycles. The number of hydrogen-bond donors (Lipinski definition) is 2. The fourth-order valence-corrected chi connectivity index (χ4v) is 3.15. The van der Waals surface area contributed by atoms with E-state index in [1.807, 2.05) is 0 Å². The molecule has 0 unspecified atom stereocenters. The van der Waals surface area contributed by atoms with E-state index in [2.05, 4.69) is 0 Å². The molecule has 2 aromatic rings. The largest absolute Gasteiger partial charge is 0.422 e. The van der Waals surface area contributed by atoms with E-state index in [0.717, 1.165) is 55.0 Å². The average molecular weight is 339 g/mol. The van der Waals surface area contributed by atoms with Crippen LogP contribution in [0.4, 0.5) is 0 Å². The minimum absolute atomic E-state index is 0.115. The Bertz CT molecular complexity index is 887. The van der Waals surface area contributed by atoms with E-state index in [0.29, 0.717) is 5.58 Å². The van der Waals surface area contributed by atoms with Gasteiger partial charge in [-0.2, -0.15) is 8.42 Å². The summed E-state index contributed by atoms with van der Waals surface area (Å²) >= 11 is 0. The normalized spacial score (nSPS) is 15.7. The van der Waals surface area contributed by atoms with Crippen LogP contribution in [0.15, 0.2) is 27.4 Å². The molecular weight excluding hydrogens is 322 g/mol. The standard InChI is InChI=1S/C15H17NO6S/c17-15-13-6-4-2-1-3-5-11(13)12-8-7-10(9-14(12)21-15)22-16-23(18,19)20/h7-9,16H,1-6H2,(H,18,19,20). The molecule has 1 aromatic heterocycles. The van der Waals surface area contributed by atoms with Crippen LogP contribution < -0.4 is 15.3 Å². The van der Waals surface area contributed by atoms with Gasteiger partial charge >= 0.3 is 15.9 Å². The monoisotopic (exact) mass is 339 g/mol. The Kier molecular flexibility index (Phi) is 4.38. The van der Waals surface area contributed by atoms with Gasteiger partial charge in [-0.3, -0.25) is 4.55 Å². The molecule has 0 fully saturated rings. The fraction of sp³-hybridized carbons (Fsp3) is 0.400. The first-order chi connectivity index (χ1) is 10.9. The maximum Gasteiger partial charge on any atom is 0.364 e. The molecule has 8 heteroatoms. The van der Waals surface area contributed by atoms with Crippen molar-refractivity contribution in [3.05, 3.63) is 39.7 Å². The molecule has 3 rings (SSSR count). The predicted octanol–water partition coefficient (Wildman–Crippen LogP) is 2.14. The summed E-state index contributed by atoms with van der Waals surface area (Å²) in [6.45, 7) is 0. The van der Waals surface area contributed by atoms with Crippen molar-refractivity contribution in [3.8, 4) is 5.75 Å². The maximum atomic E-state index is 12.2. The summed E-state index contributed by atoms with van der Waals surface area (Å²) in [7, 11) is -4.47. The summed E-state index contributed by atoms with van der Waals surface area (Å²) < 4.78 is 35.2. The van der Waals surface area contributed by atoms with Crippen molar-refractivity contribution in [3.63, 3.8) is 0 Å². The fourth-order valence-electron chi connectivity index (χ4n) is 2.94. The highest BCUT2D eigenvalue weighted by atomic mass is 32.2. The number of rotatable bonds is 3. The Morgan fingerprint density at radius 3 is 2.48 bits per heavy atom. The molecule has 124 valence electrons. The highest BCUT2D eigenvalue weighted by Gasteiger charge is 2.17. The molecule has 0 aliphatic heterocycles. The van der Waals surface area contributed by atoms with Gasteiger partial charge in [-0.15, -0.1) is 0 Å². The summed E-state index contributed by atoms with van der Waals surface area (Å²) in [6, 6.07) is 4.72. The van der Waals surface area contributed by atoms with Gasteiger partial charge in [0.05, 0.1) is 0 Å². The van der Waals surface area contributed by atoms with Crippen LogP contribution in [0.25, 0.3) is 11.0 Å². The first-order valence-electron chi connectivity index (χ1n) is 7.44.